The number of thiophene rings is 1. The number of sulfonamides is 1. The highest BCUT2D eigenvalue weighted by molar-refractivity contribution is 7.89. The molecule has 0 saturated heterocycles. The van der Waals surface area contributed by atoms with E-state index in [9.17, 15) is 8.42 Å². The van der Waals surface area contributed by atoms with Crippen LogP contribution in [0.25, 0.3) is 0 Å². The molecule has 0 aliphatic heterocycles. The van der Waals surface area contributed by atoms with Crippen molar-refractivity contribution in [3.63, 3.8) is 0 Å². The van der Waals surface area contributed by atoms with Gasteiger partial charge in [-0.15, -0.1) is 11.3 Å². The molecular weight excluding hydrogens is 268 g/mol. The van der Waals surface area contributed by atoms with Crippen LogP contribution in [0.4, 0.5) is 0 Å². The van der Waals surface area contributed by atoms with Crippen molar-refractivity contribution in [2.24, 2.45) is 0 Å². The van der Waals surface area contributed by atoms with Gasteiger partial charge in [0.2, 0.25) is 10.0 Å². The summed E-state index contributed by atoms with van der Waals surface area (Å²) < 4.78 is 25.6. The van der Waals surface area contributed by atoms with E-state index in [4.69, 9.17) is 0 Å². The first kappa shape index (κ1) is 15.6. The summed E-state index contributed by atoms with van der Waals surface area (Å²) in [5, 5.41) is 5.06. The van der Waals surface area contributed by atoms with E-state index in [1.807, 2.05) is 31.4 Å². The fourth-order valence-corrected chi connectivity index (χ4v) is 3.78. The Morgan fingerprint density at radius 3 is 2.78 bits per heavy atom. The average Bonchev–Trinajstić information content (AvgIpc) is 2.81. The third kappa shape index (κ3) is 4.68. The molecule has 1 atom stereocenters. The van der Waals surface area contributed by atoms with Crippen LogP contribution in [-0.2, 0) is 16.4 Å². The number of likely N-dealkylation sites (N-methyl/N-ethyl adjacent to an activating group) is 1. The molecule has 0 aliphatic carbocycles. The van der Waals surface area contributed by atoms with Gasteiger partial charge in [0.15, 0.2) is 0 Å². The van der Waals surface area contributed by atoms with Gasteiger partial charge in [-0.1, -0.05) is 13.0 Å². The zero-order valence-corrected chi connectivity index (χ0v) is 12.9. The Morgan fingerprint density at radius 1 is 1.50 bits per heavy atom. The quantitative estimate of drug-likeness (QED) is 0.739. The molecule has 104 valence electrons. The van der Waals surface area contributed by atoms with Crippen LogP contribution in [0, 0.1) is 0 Å². The lowest BCUT2D eigenvalue weighted by molar-refractivity contribution is 0.388. The number of hydrogen-bond acceptors (Lipinski definition) is 4. The summed E-state index contributed by atoms with van der Waals surface area (Å²) in [6, 6.07) is 4.03. The zero-order valence-electron chi connectivity index (χ0n) is 11.2. The fourth-order valence-electron chi connectivity index (χ4n) is 1.64. The molecule has 1 aromatic heterocycles. The van der Waals surface area contributed by atoms with Crippen molar-refractivity contribution in [3.8, 4) is 0 Å². The molecule has 1 aromatic rings. The van der Waals surface area contributed by atoms with Crippen LogP contribution in [0.3, 0.4) is 0 Å². The minimum absolute atomic E-state index is 0.00437. The van der Waals surface area contributed by atoms with Crippen LogP contribution >= 0.6 is 11.3 Å². The predicted octanol–water partition coefficient (Wildman–Crippen LogP) is 1.55. The largest absolute Gasteiger partial charge is 0.316 e. The van der Waals surface area contributed by atoms with Crippen molar-refractivity contribution in [2.45, 2.75) is 26.3 Å². The minimum atomic E-state index is -3.16. The Balaban J connectivity index is 2.53. The summed E-state index contributed by atoms with van der Waals surface area (Å²) >= 11 is 1.67. The summed E-state index contributed by atoms with van der Waals surface area (Å²) in [4.78, 5) is 1.22. The van der Waals surface area contributed by atoms with Crippen LogP contribution < -0.4 is 5.32 Å². The Kier molecular flexibility index (Phi) is 6.28. The van der Waals surface area contributed by atoms with Crippen molar-refractivity contribution < 1.29 is 8.42 Å². The molecule has 4 nitrogen and oxygen atoms in total. The SMILES string of the molecule is CCNCCS(=O)(=O)N(C)C(C)Cc1cccs1. The lowest BCUT2D eigenvalue weighted by atomic mass is 10.2. The maximum atomic E-state index is 12.1. The summed E-state index contributed by atoms with van der Waals surface area (Å²) in [6.07, 6.45) is 0.772. The second kappa shape index (κ2) is 7.23. The Hall–Kier alpha value is -0.430. The van der Waals surface area contributed by atoms with Crippen LogP contribution in [0.2, 0.25) is 0 Å². The summed E-state index contributed by atoms with van der Waals surface area (Å²) in [6.45, 7) is 5.22. The van der Waals surface area contributed by atoms with Gasteiger partial charge >= 0.3 is 0 Å². The van der Waals surface area contributed by atoms with Gasteiger partial charge in [0.25, 0.3) is 0 Å². The topological polar surface area (TPSA) is 49.4 Å². The van der Waals surface area contributed by atoms with Gasteiger partial charge in [0.05, 0.1) is 5.75 Å². The molecule has 0 aromatic carbocycles. The number of nitrogens with zero attached hydrogens (tertiary/aromatic N) is 1. The van der Waals surface area contributed by atoms with Crippen molar-refractivity contribution in [1.82, 2.24) is 9.62 Å². The molecule has 1 rings (SSSR count). The molecule has 0 fully saturated rings. The van der Waals surface area contributed by atoms with Gasteiger partial charge in [-0.25, -0.2) is 12.7 Å². The first-order valence-electron chi connectivity index (χ1n) is 6.16. The van der Waals surface area contributed by atoms with Crippen molar-refractivity contribution in [3.05, 3.63) is 22.4 Å². The second-order valence-electron chi connectivity index (χ2n) is 4.32. The van der Waals surface area contributed by atoms with Crippen LogP contribution in [-0.4, -0.2) is 44.7 Å². The number of nitrogens with one attached hydrogen (secondary N) is 1. The highest BCUT2D eigenvalue weighted by Crippen LogP contribution is 2.15. The van der Waals surface area contributed by atoms with E-state index in [1.54, 1.807) is 18.4 Å². The molecule has 1 N–H and O–H groups in total. The Bertz CT molecular complexity index is 429. The van der Waals surface area contributed by atoms with Gasteiger partial charge in [0, 0.05) is 24.5 Å². The monoisotopic (exact) mass is 290 g/mol. The molecule has 0 radical (unpaired) electrons. The molecular formula is C12H22N2O2S2. The average molecular weight is 290 g/mol. The van der Waals surface area contributed by atoms with Crippen molar-refractivity contribution in [2.75, 3.05) is 25.9 Å². The summed E-state index contributed by atoms with van der Waals surface area (Å²) in [7, 11) is -1.49. The first-order valence-corrected chi connectivity index (χ1v) is 8.65. The third-order valence-electron chi connectivity index (χ3n) is 2.92. The zero-order chi connectivity index (χ0) is 13.6. The van der Waals surface area contributed by atoms with Gasteiger partial charge in [-0.05, 0) is 31.3 Å². The highest BCUT2D eigenvalue weighted by Gasteiger charge is 2.22. The molecule has 18 heavy (non-hydrogen) atoms. The van der Waals surface area contributed by atoms with Crippen LogP contribution in [0.5, 0.6) is 0 Å². The van der Waals surface area contributed by atoms with Gasteiger partial charge in [-0.2, -0.15) is 0 Å². The van der Waals surface area contributed by atoms with Crippen LogP contribution in [0.15, 0.2) is 17.5 Å². The maximum Gasteiger partial charge on any atom is 0.215 e. The smallest absolute Gasteiger partial charge is 0.215 e. The molecule has 1 unspecified atom stereocenters. The second-order valence-corrected chi connectivity index (χ2v) is 7.50. The Morgan fingerprint density at radius 2 is 2.22 bits per heavy atom. The normalized spacial score (nSPS) is 14.0. The van der Waals surface area contributed by atoms with Crippen molar-refractivity contribution in [1.29, 1.82) is 0 Å². The van der Waals surface area contributed by atoms with E-state index < -0.39 is 10.0 Å². The lowest BCUT2D eigenvalue weighted by Crippen LogP contribution is -2.40. The standard InChI is InChI=1S/C12H22N2O2S2/c1-4-13-7-9-18(15,16)14(3)11(2)10-12-6-5-8-17-12/h5-6,8,11,13H,4,7,9-10H2,1-3H3. The third-order valence-corrected chi connectivity index (χ3v) is 5.78. The van der Waals surface area contributed by atoms with Crippen molar-refractivity contribution >= 4 is 21.4 Å². The van der Waals surface area contributed by atoms with E-state index in [-0.39, 0.29) is 11.8 Å². The van der Waals surface area contributed by atoms with E-state index in [1.165, 1.54) is 9.18 Å². The molecule has 0 amide bonds. The van der Waals surface area contributed by atoms with E-state index in [0.717, 1.165) is 13.0 Å². The number of hydrogen-bond donors (Lipinski definition) is 1. The van der Waals surface area contributed by atoms with Crippen LogP contribution in [0.1, 0.15) is 18.7 Å². The minimum Gasteiger partial charge on any atom is -0.316 e. The summed E-state index contributed by atoms with van der Waals surface area (Å²) in [5.74, 6) is 0.159. The maximum absolute atomic E-state index is 12.1. The Labute approximate surface area is 114 Å². The molecule has 0 bridgehead atoms. The molecule has 6 heteroatoms. The van der Waals surface area contributed by atoms with E-state index in [0.29, 0.717) is 6.54 Å². The predicted molar refractivity (Wildman–Crippen MR) is 77.6 cm³/mol. The molecule has 0 saturated carbocycles. The number of rotatable bonds is 8. The molecule has 0 aliphatic rings. The van der Waals surface area contributed by atoms with Gasteiger partial charge < -0.3 is 5.32 Å². The van der Waals surface area contributed by atoms with E-state index in [2.05, 4.69) is 5.32 Å². The lowest BCUT2D eigenvalue weighted by Gasteiger charge is -2.24. The molecule has 1 heterocycles. The summed E-state index contributed by atoms with van der Waals surface area (Å²) in [5.41, 5.74) is 0. The van der Waals surface area contributed by atoms with E-state index >= 15 is 0 Å². The van der Waals surface area contributed by atoms with Gasteiger partial charge in [0.1, 0.15) is 0 Å². The first-order chi connectivity index (χ1) is 8.47. The molecule has 0 spiro atoms. The van der Waals surface area contributed by atoms with Gasteiger partial charge in [-0.3, -0.25) is 0 Å². The fraction of sp³-hybridized carbons (Fsp3) is 0.667. The highest BCUT2D eigenvalue weighted by atomic mass is 32.2.